The molecule has 0 bridgehead atoms. The summed E-state index contributed by atoms with van der Waals surface area (Å²) in [5, 5.41) is 1.11. The Kier molecular flexibility index (Phi) is 2.29. The van der Waals surface area contributed by atoms with Crippen LogP contribution in [0.2, 0.25) is 0 Å². The second kappa shape index (κ2) is 4.13. The summed E-state index contributed by atoms with van der Waals surface area (Å²) in [7, 11) is 0. The Morgan fingerprint density at radius 3 is 2.75 bits per heavy atom. The third-order valence-corrected chi connectivity index (χ3v) is 3.49. The number of nitrogens with one attached hydrogen (secondary N) is 1. The van der Waals surface area contributed by atoms with Gasteiger partial charge in [0.05, 0.1) is 11.0 Å². The normalized spacial score (nSPS) is 11.2. The Balaban J connectivity index is 2.04. The van der Waals surface area contributed by atoms with E-state index in [0.717, 1.165) is 39.0 Å². The first-order valence-electron chi connectivity index (χ1n) is 6.48. The smallest absolute Gasteiger partial charge is 0.178 e. The molecule has 0 amide bonds. The SMILES string of the molecule is Cc1ccnc2nc(-c3cccc4cccnc34)[nH]c12. The second-order valence-electron chi connectivity index (χ2n) is 4.79. The molecular weight excluding hydrogens is 248 g/mol. The van der Waals surface area contributed by atoms with E-state index in [9.17, 15) is 0 Å². The fourth-order valence-corrected chi connectivity index (χ4v) is 2.46. The maximum Gasteiger partial charge on any atom is 0.178 e. The highest BCUT2D eigenvalue weighted by Gasteiger charge is 2.11. The van der Waals surface area contributed by atoms with E-state index in [1.165, 1.54) is 0 Å². The summed E-state index contributed by atoms with van der Waals surface area (Å²) < 4.78 is 0. The second-order valence-corrected chi connectivity index (χ2v) is 4.79. The Labute approximate surface area is 115 Å². The van der Waals surface area contributed by atoms with Gasteiger partial charge in [0.15, 0.2) is 5.65 Å². The quantitative estimate of drug-likeness (QED) is 0.570. The number of fused-ring (bicyclic) bond motifs is 2. The van der Waals surface area contributed by atoms with Crippen LogP contribution in [0.25, 0.3) is 33.5 Å². The van der Waals surface area contributed by atoms with E-state index in [-0.39, 0.29) is 0 Å². The molecule has 0 saturated carbocycles. The van der Waals surface area contributed by atoms with Crippen molar-refractivity contribution in [2.24, 2.45) is 0 Å². The van der Waals surface area contributed by atoms with Crippen molar-refractivity contribution in [2.75, 3.05) is 0 Å². The first-order chi connectivity index (χ1) is 9.83. The largest absolute Gasteiger partial charge is 0.336 e. The molecule has 4 aromatic rings. The van der Waals surface area contributed by atoms with E-state index in [4.69, 9.17) is 0 Å². The van der Waals surface area contributed by atoms with Crippen LogP contribution >= 0.6 is 0 Å². The van der Waals surface area contributed by atoms with Crippen molar-refractivity contribution in [2.45, 2.75) is 6.92 Å². The van der Waals surface area contributed by atoms with Gasteiger partial charge in [-0.3, -0.25) is 4.98 Å². The summed E-state index contributed by atoms with van der Waals surface area (Å²) in [5.74, 6) is 0.811. The minimum atomic E-state index is 0.743. The number of para-hydroxylation sites is 1. The minimum Gasteiger partial charge on any atom is -0.336 e. The molecule has 3 heterocycles. The lowest BCUT2D eigenvalue weighted by Gasteiger charge is -2.01. The number of nitrogens with zero attached hydrogens (tertiary/aromatic N) is 3. The van der Waals surface area contributed by atoms with E-state index >= 15 is 0 Å². The summed E-state index contributed by atoms with van der Waals surface area (Å²) in [6.45, 7) is 2.05. The fourth-order valence-electron chi connectivity index (χ4n) is 2.46. The first kappa shape index (κ1) is 11.1. The third-order valence-electron chi connectivity index (χ3n) is 3.49. The molecule has 0 fully saturated rings. The number of aromatic amines is 1. The molecule has 0 atom stereocenters. The van der Waals surface area contributed by atoms with Gasteiger partial charge in [-0.05, 0) is 30.7 Å². The summed E-state index contributed by atoms with van der Waals surface area (Å²) in [6.07, 6.45) is 3.58. The topological polar surface area (TPSA) is 54.5 Å². The molecule has 3 aromatic heterocycles. The maximum absolute atomic E-state index is 4.59. The predicted octanol–water partition coefficient (Wildman–Crippen LogP) is 3.48. The molecule has 0 unspecified atom stereocenters. The van der Waals surface area contributed by atoms with Gasteiger partial charge in [0, 0.05) is 23.3 Å². The van der Waals surface area contributed by atoms with E-state index in [1.807, 2.05) is 31.2 Å². The van der Waals surface area contributed by atoms with Gasteiger partial charge in [-0.1, -0.05) is 18.2 Å². The lowest BCUT2D eigenvalue weighted by atomic mass is 10.1. The van der Waals surface area contributed by atoms with Crippen molar-refractivity contribution >= 4 is 22.1 Å². The average molecular weight is 260 g/mol. The van der Waals surface area contributed by atoms with Crippen LogP contribution in [0.5, 0.6) is 0 Å². The van der Waals surface area contributed by atoms with Crippen LogP contribution in [0.3, 0.4) is 0 Å². The number of pyridine rings is 2. The molecule has 96 valence electrons. The molecule has 0 saturated heterocycles. The van der Waals surface area contributed by atoms with Crippen LogP contribution in [-0.2, 0) is 0 Å². The summed E-state index contributed by atoms with van der Waals surface area (Å²) >= 11 is 0. The minimum absolute atomic E-state index is 0.743. The van der Waals surface area contributed by atoms with Crippen molar-refractivity contribution in [1.29, 1.82) is 0 Å². The summed E-state index contributed by atoms with van der Waals surface area (Å²) in [6, 6.07) is 12.1. The van der Waals surface area contributed by atoms with E-state index in [0.29, 0.717) is 0 Å². The van der Waals surface area contributed by atoms with Crippen LogP contribution in [0.1, 0.15) is 5.56 Å². The van der Waals surface area contributed by atoms with E-state index < -0.39 is 0 Å². The highest BCUT2D eigenvalue weighted by atomic mass is 15.0. The molecule has 0 aliphatic rings. The number of imidazole rings is 1. The Morgan fingerprint density at radius 2 is 1.85 bits per heavy atom. The molecule has 4 heteroatoms. The van der Waals surface area contributed by atoms with Gasteiger partial charge in [-0.2, -0.15) is 0 Å². The molecule has 20 heavy (non-hydrogen) atoms. The predicted molar refractivity (Wildman–Crippen MR) is 79.4 cm³/mol. The average Bonchev–Trinajstić information content (AvgIpc) is 2.92. The number of aryl methyl sites for hydroxylation is 1. The van der Waals surface area contributed by atoms with Gasteiger partial charge in [0.1, 0.15) is 5.82 Å². The van der Waals surface area contributed by atoms with E-state index in [1.54, 1.807) is 12.4 Å². The van der Waals surface area contributed by atoms with Crippen LogP contribution in [-0.4, -0.2) is 19.9 Å². The number of aromatic nitrogens is 4. The van der Waals surface area contributed by atoms with Crippen LogP contribution < -0.4 is 0 Å². The van der Waals surface area contributed by atoms with Crippen molar-refractivity contribution in [1.82, 2.24) is 19.9 Å². The standard InChI is InChI=1S/C16H12N4/c1-10-7-9-18-16-13(10)19-15(20-16)12-6-2-4-11-5-3-8-17-14(11)12/h2-9H,1H3,(H,18,19,20). The number of hydrogen-bond donors (Lipinski definition) is 1. The molecule has 0 radical (unpaired) electrons. The van der Waals surface area contributed by atoms with Crippen molar-refractivity contribution in [3.63, 3.8) is 0 Å². The lowest BCUT2D eigenvalue weighted by molar-refractivity contribution is 1.29. The Hall–Kier alpha value is -2.75. The van der Waals surface area contributed by atoms with E-state index in [2.05, 4.69) is 32.1 Å². The van der Waals surface area contributed by atoms with Gasteiger partial charge >= 0.3 is 0 Å². The van der Waals surface area contributed by atoms with Gasteiger partial charge in [-0.15, -0.1) is 0 Å². The van der Waals surface area contributed by atoms with Crippen molar-refractivity contribution in [3.05, 3.63) is 54.4 Å². The number of benzene rings is 1. The molecule has 1 N–H and O–H groups in total. The number of rotatable bonds is 1. The highest BCUT2D eigenvalue weighted by Crippen LogP contribution is 2.26. The maximum atomic E-state index is 4.59. The van der Waals surface area contributed by atoms with Gasteiger partial charge in [-0.25, -0.2) is 9.97 Å². The zero-order valence-electron chi connectivity index (χ0n) is 11.0. The molecular formula is C16H12N4. The third kappa shape index (κ3) is 1.58. The summed E-state index contributed by atoms with van der Waals surface area (Å²) in [5.41, 5.74) is 4.82. The lowest BCUT2D eigenvalue weighted by Crippen LogP contribution is -1.85. The molecule has 0 aliphatic heterocycles. The van der Waals surface area contributed by atoms with Gasteiger partial charge in [0.2, 0.25) is 0 Å². The Bertz CT molecular complexity index is 919. The van der Waals surface area contributed by atoms with Crippen LogP contribution in [0.15, 0.2) is 48.8 Å². The zero-order chi connectivity index (χ0) is 13.5. The zero-order valence-corrected chi connectivity index (χ0v) is 11.0. The molecule has 0 aliphatic carbocycles. The molecule has 0 spiro atoms. The Morgan fingerprint density at radius 1 is 0.950 bits per heavy atom. The van der Waals surface area contributed by atoms with Crippen LogP contribution in [0, 0.1) is 6.92 Å². The monoisotopic (exact) mass is 260 g/mol. The molecule has 4 rings (SSSR count). The van der Waals surface area contributed by atoms with Crippen LogP contribution in [0.4, 0.5) is 0 Å². The van der Waals surface area contributed by atoms with Gasteiger partial charge in [0.25, 0.3) is 0 Å². The number of H-pyrrole nitrogens is 1. The number of hydrogen-bond acceptors (Lipinski definition) is 3. The summed E-state index contributed by atoms with van der Waals surface area (Å²) in [4.78, 5) is 16.7. The first-order valence-corrected chi connectivity index (χ1v) is 6.48. The highest BCUT2D eigenvalue weighted by molar-refractivity contribution is 5.93. The van der Waals surface area contributed by atoms with Gasteiger partial charge < -0.3 is 4.98 Å². The van der Waals surface area contributed by atoms with Crippen molar-refractivity contribution < 1.29 is 0 Å². The van der Waals surface area contributed by atoms with Crippen molar-refractivity contribution in [3.8, 4) is 11.4 Å². The molecule has 4 nitrogen and oxygen atoms in total. The fraction of sp³-hybridized carbons (Fsp3) is 0.0625. The molecule has 1 aromatic carbocycles.